The van der Waals surface area contributed by atoms with Gasteiger partial charge in [0.25, 0.3) is 5.91 Å². The van der Waals surface area contributed by atoms with E-state index in [0.717, 1.165) is 5.56 Å². The van der Waals surface area contributed by atoms with Crippen LogP contribution >= 0.6 is 0 Å². The molecule has 2 rings (SSSR count). The zero-order valence-electron chi connectivity index (χ0n) is 11.3. The first-order valence-electron chi connectivity index (χ1n) is 6.49. The van der Waals surface area contributed by atoms with Crippen molar-refractivity contribution in [1.29, 1.82) is 0 Å². The van der Waals surface area contributed by atoms with Gasteiger partial charge < -0.3 is 16.2 Å². The quantitative estimate of drug-likeness (QED) is 0.728. The van der Waals surface area contributed by atoms with Gasteiger partial charge in [-0.2, -0.15) is 0 Å². The van der Waals surface area contributed by atoms with Crippen LogP contribution < -0.4 is 11.1 Å². The van der Waals surface area contributed by atoms with Gasteiger partial charge in [-0.25, -0.2) is 4.79 Å². The maximum atomic E-state index is 12.0. The molecule has 21 heavy (non-hydrogen) atoms. The Bertz CT molecular complexity index is 641. The lowest BCUT2D eigenvalue weighted by molar-refractivity contribution is -0.139. The molecular formula is C16H16N2O3. The molecule has 1 atom stereocenters. The molecule has 1 amide bonds. The average Bonchev–Trinajstić information content (AvgIpc) is 2.47. The van der Waals surface area contributed by atoms with Gasteiger partial charge in [0.15, 0.2) is 0 Å². The number of benzene rings is 2. The molecule has 5 heteroatoms. The summed E-state index contributed by atoms with van der Waals surface area (Å²) in [5.74, 6) is -1.49. The normalized spacial score (nSPS) is 11.6. The van der Waals surface area contributed by atoms with Crippen molar-refractivity contribution in [3.8, 4) is 0 Å². The van der Waals surface area contributed by atoms with Gasteiger partial charge in [0.1, 0.15) is 6.04 Å². The molecule has 0 aliphatic heterocycles. The average molecular weight is 284 g/mol. The molecule has 0 spiro atoms. The van der Waals surface area contributed by atoms with Crippen molar-refractivity contribution in [3.05, 3.63) is 65.7 Å². The van der Waals surface area contributed by atoms with Crippen molar-refractivity contribution in [3.63, 3.8) is 0 Å². The van der Waals surface area contributed by atoms with Crippen LogP contribution in [0.4, 0.5) is 5.69 Å². The van der Waals surface area contributed by atoms with Gasteiger partial charge >= 0.3 is 5.97 Å². The lowest BCUT2D eigenvalue weighted by Gasteiger charge is -2.15. The van der Waals surface area contributed by atoms with E-state index >= 15 is 0 Å². The predicted octanol–water partition coefficient (Wildman–Crippen LogP) is 1.69. The second kappa shape index (κ2) is 6.56. The third-order valence-electron chi connectivity index (χ3n) is 3.03. The number of nitrogen functional groups attached to an aromatic ring is 1. The van der Waals surface area contributed by atoms with Crippen molar-refractivity contribution >= 4 is 17.6 Å². The number of carboxylic acids is 1. The van der Waals surface area contributed by atoms with Crippen molar-refractivity contribution in [2.75, 3.05) is 5.73 Å². The van der Waals surface area contributed by atoms with Crippen LogP contribution in [0.15, 0.2) is 54.6 Å². The van der Waals surface area contributed by atoms with E-state index in [1.165, 1.54) is 0 Å². The summed E-state index contributed by atoms with van der Waals surface area (Å²) in [6, 6.07) is 14.5. The highest BCUT2D eigenvalue weighted by atomic mass is 16.4. The Morgan fingerprint density at radius 1 is 1.10 bits per heavy atom. The maximum absolute atomic E-state index is 12.0. The van der Waals surface area contributed by atoms with Gasteiger partial charge in [0.05, 0.1) is 0 Å². The Balaban J connectivity index is 2.09. The van der Waals surface area contributed by atoms with E-state index in [1.807, 2.05) is 0 Å². The van der Waals surface area contributed by atoms with Crippen molar-refractivity contribution in [2.24, 2.45) is 0 Å². The monoisotopic (exact) mass is 284 g/mol. The molecule has 0 heterocycles. The van der Waals surface area contributed by atoms with Crippen molar-refractivity contribution < 1.29 is 14.7 Å². The second-order valence-corrected chi connectivity index (χ2v) is 4.68. The Morgan fingerprint density at radius 2 is 1.81 bits per heavy atom. The van der Waals surface area contributed by atoms with Crippen LogP contribution in [0.1, 0.15) is 15.9 Å². The van der Waals surface area contributed by atoms with E-state index in [9.17, 15) is 14.7 Å². The second-order valence-electron chi connectivity index (χ2n) is 4.68. The number of carbonyl (C=O) groups excluding carboxylic acids is 1. The molecule has 0 bridgehead atoms. The summed E-state index contributed by atoms with van der Waals surface area (Å²) in [4.78, 5) is 23.3. The molecule has 0 aliphatic carbocycles. The number of rotatable bonds is 5. The van der Waals surface area contributed by atoms with E-state index in [2.05, 4.69) is 5.32 Å². The fourth-order valence-electron chi connectivity index (χ4n) is 1.99. The molecular weight excluding hydrogens is 268 g/mol. The number of nitrogens with two attached hydrogens (primary N) is 1. The molecule has 5 nitrogen and oxygen atoms in total. The largest absolute Gasteiger partial charge is 0.480 e. The molecule has 0 radical (unpaired) electrons. The van der Waals surface area contributed by atoms with Crippen LogP contribution in [-0.2, 0) is 11.2 Å². The van der Waals surface area contributed by atoms with Gasteiger partial charge in [-0.3, -0.25) is 4.79 Å². The first kappa shape index (κ1) is 14.6. The molecule has 1 unspecified atom stereocenters. The summed E-state index contributed by atoms with van der Waals surface area (Å²) in [5, 5.41) is 11.8. The zero-order valence-corrected chi connectivity index (χ0v) is 11.3. The number of hydrogen-bond acceptors (Lipinski definition) is 3. The first-order chi connectivity index (χ1) is 10.1. The van der Waals surface area contributed by atoms with Crippen LogP contribution in [0, 0.1) is 0 Å². The third kappa shape index (κ3) is 4.07. The molecule has 0 aliphatic rings. The number of aliphatic carboxylic acids is 1. The first-order valence-corrected chi connectivity index (χ1v) is 6.49. The van der Waals surface area contributed by atoms with Crippen LogP contribution in [0.5, 0.6) is 0 Å². The predicted molar refractivity (Wildman–Crippen MR) is 79.9 cm³/mol. The Labute approximate surface area is 122 Å². The van der Waals surface area contributed by atoms with Crippen LogP contribution in [-0.4, -0.2) is 23.0 Å². The fourth-order valence-corrected chi connectivity index (χ4v) is 1.99. The van der Waals surface area contributed by atoms with E-state index in [-0.39, 0.29) is 6.42 Å². The van der Waals surface area contributed by atoms with E-state index in [4.69, 9.17) is 5.73 Å². The van der Waals surface area contributed by atoms with Crippen molar-refractivity contribution in [2.45, 2.75) is 12.5 Å². The van der Waals surface area contributed by atoms with Crippen LogP contribution in [0.2, 0.25) is 0 Å². The smallest absolute Gasteiger partial charge is 0.326 e. The van der Waals surface area contributed by atoms with E-state index < -0.39 is 17.9 Å². The zero-order chi connectivity index (χ0) is 15.2. The van der Waals surface area contributed by atoms with Crippen LogP contribution in [0.3, 0.4) is 0 Å². The van der Waals surface area contributed by atoms with Gasteiger partial charge in [-0.05, 0) is 29.8 Å². The molecule has 4 N–H and O–H groups in total. The highest BCUT2D eigenvalue weighted by Gasteiger charge is 2.21. The minimum absolute atomic E-state index is 0.180. The van der Waals surface area contributed by atoms with Crippen molar-refractivity contribution in [1.82, 2.24) is 5.32 Å². The number of anilines is 1. The lowest BCUT2D eigenvalue weighted by atomic mass is 10.0. The minimum atomic E-state index is -1.08. The highest BCUT2D eigenvalue weighted by Crippen LogP contribution is 2.10. The third-order valence-corrected chi connectivity index (χ3v) is 3.03. The molecule has 2 aromatic carbocycles. The van der Waals surface area contributed by atoms with Gasteiger partial charge in [0.2, 0.25) is 0 Å². The topological polar surface area (TPSA) is 92.4 Å². The van der Waals surface area contributed by atoms with Gasteiger partial charge in [-0.15, -0.1) is 0 Å². The molecule has 2 aromatic rings. The SMILES string of the molecule is Nc1cccc(CC(NC(=O)c2ccccc2)C(=O)O)c1. The Kier molecular flexibility index (Phi) is 4.56. The summed E-state index contributed by atoms with van der Waals surface area (Å²) in [6.07, 6.45) is 0.180. The molecule has 0 saturated carbocycles. The van der Waals surface area contributed by atoms with Crippen LogP contribution in [0.25, 0.3) is 0 Å². The van der Waals surface area contributed by atoms with Gasteiger partial charge in [0, 0.05) is 17.7 Å². The summed E-state index contributed by atoms with van der Waals surface area (Å²) in [6.45, 7) is 0. The number of carbonyl (C=O) groups is 2. The van der Waals surface area contributed by atoms with E-state index in [0.29, 0.717) is 11.3 Å². The molecule has 0 aromatic heterocycles. The standard InChI is InChI=1S/C16H16N2O3/c17-13-8-4-5-11(9-13)10-14(16(20)21)18-15(19)12-6-2-1-3-7-12/h1-9,14H,10,17H2,(H,18,19)(H,20,21). The number of nitrogens with one attached hydrogen (secondary N) is 1. The molecule has 0 saturated heterocycles. The fraction of sp³-hybridized carbons (Fsp3) is 0.125. The number of carboxylic acid groups (broad SMARTS) is 1. The lowest BCUT2D eigenvalue weighted by Crippen LogP contribution is -2.42. The Hall–Kier alpha value is -2.82. The maximum Gasteiger partial charge on any atom is 0.326 e. The summed E-state index contributed by atoms with van der Waals surface area (Å²) in [7, 11) is 0. The summed E-state index contributed by atoms with van der Waals surface area (Å²) < 4.78 is 0. The minimum Gasteiger partial charge on any atom is -0.480 e. The Morgan fingerprint density at radius 3 is 2.43 bits per heavy atom. The van der Waals surface area contributed by atoms with Gasteiger partial charge in [-0.1, -0.05) is 30.3 Å². The molecule has 108 valence electrons. The highest BCUT2D eigenvalue weighted by molar-refractivity contribution is 5.96. The number of amides is 1. The van der Waals surface area contributed by atoms with E-state index in [1.54, 1.807) is 54.6 Å². The number of hydrogen-bond donors (Lipinski definition) is 3. The summed E-state index contributed by atoms with van der Waals surface area (Å²) in [5.41, 5.74) is 7.42. The summed E-state index contributed by atoms with van der Waals surface area (Å²) >= 11 is 0. The molecule has 0 fully saturated rings.